The zero-order valence-electron chi connectivity index (χ0n) is 18.7. The second-order valence-corrected chi connectivity index (χ2v) is 8.24. The summed E-state index contributed by atoms with van der Waals surface area (Å²) < 4.78 is 1.83. The second-order valence-electron chi connectivity index (χ2n) is 8.24. The van der Waals surface area contributed by atoms with Gasteiger partial charge >= 0.3 is 0 Å². The van der Waals surface area contributed by atoms with Gasteiger partial charge in [0.1, 0.15) is 16.9 Å². The Morgan fingerprint density at radius 2 is 1.61 bits per heavy atom. The van der Waals surface area contributed by atoms with Crippen LogP contribution >= 0.6 is 0 Å². The number of aromatic nitrogens is 3. The van der Waals surface area contributed by atoms with Crippen molar-refractivity contribution in [1.82, 2.24) is 19.9 Å². The largest absolute Gasteiger partial charge is 0.384 e. The molecule has 3 N–H and O–H groups in total. The average Bonchev–Trinajstić information content (AvgIpc) is 3.10. The highest BCUT2D eigenvalue weighted by Gasteiger charge is 2.24. The third-order valence-electron chi connectivity index (χ3n) is 6.02. The molecule has 2 heterocycles. The number of amides is 1. The van der Waals surface area contributed by atoms with Gasteiger partial charge in [-0.15, -0.1) is 0 Å². The molecule has 5 aromatic rings. The number of fused-ring (bicyclic) bond motifs is 2. The molecule has 0 unspecified atom stereocenters. The predicted octanol–water partition coefficient (Wildman–Crippen LogP) is 4.75. The summed E-state index contributed by atoms with van der Waals surface area (Å²) in [7, 11) is 0. The number of rotatable bonds is 5. The summed E-state index contributed by atoms with van der Waals surface area (Å²) >= 11 is 0. The van der Waals surface area contributed by atoms with Crippen LogP contribution in [0.15, 0.2) is 72.8 Å². The summed E-state index contributed by atoms with van der Waals surface area (Å²) in [6.07, 6.45) is 0.733. The van der Waals surface area contributed by atoms with E-state index in [9.17, 15) is 4.79 Å². The molecule has 0 spiro atoms. The minimum absolute atomic E-state index is 0.249. The number of nitrogens with zero attached hydrogens (tertiary/aromatic N) is 3. The first-order valence-electron chi connectivity index (χ1n) is 11.0. The van der Waals surface area contributed by atoms with E-state index in [1.165, 1.54) is 5.56 Å². The molecule has 33 heavy (non-hydrogen) atoms. The summed E-state index contributed by atoms with van der Waals surface area (Å²) in [5.74, 6) is 0.0846. The SMILES string of the molecule is Cc1ccc(-n2c(N)c(C(=O)NCCc3ccccc3)c3nc4ccccc4nc32)cc1C. The molecular formula is C27H25N5O. The van der Waals surface area contributed by atoms with Crippen LogP contribution in [0, 0.1) is 13.8 Å². The van der Waals surface area contributed by atoms with E-state index in [1.54, 1.807) is 0 Å². The normalized spacial score (nSPS) is 11.2. The number of benzene rings is 3. The van der Waals surface area contributed by atoms with Gasteiger partial charge in [0, 0.05) is 12.2 Å². The van der Waals surface area contributed by atoms with E-state index in [2.05, 4.69) is 25.2 Å². The van der Waals surface area contributed by atoms with Crippen LogP contribution in [0.4, 0.5) is 5.82 Å². The summed E-state index contributed by atoms with van der Waals surface area (Å²) in [6.45, 7) is 4.62. The number of carbonyl (C=O) groups is 1. The van der Waals surface area contributed by atoms with Gasteiger partial charge in [-0.1, -0.05) is 48.5 Å². The molecule has 6 nitrogen and oxygen atoms in total. The van der Waals surface area contributed by atoms with Gasteiger partial charge in [0.15, 0.2) is 5.65 Å². The lowest BCUT2D eigenvalue weighted by Crippen LogP contribution is -2.26. The van der Waals surface area contributed by atoms with Gasteiger partial charge < -0.3 is 11.1 Å². The number of anilines is 1. The van der Waals surface area contributed by atoms with Gasteiger partial charge in [0.25, 0.3) is 5.91 Å². The molecule has 0 aliphatic rings. The number of hydrogen-bond acceptors (Lipinski definition) is 4. The number of carbonyl (C=O) groups excluding carboxylic acids is 1. The van der Waals surface area contributed by atoms with Gasteiger partial charge in [-0.05, 0) is 61.2 Å². The van der Waals surface area contributed by atoms with Gasteiger partial charge in [-0.25, -0.2) is 9.97 Å². The van der Waals surface area contributed by atoms with Gasteiger partial charge in [0.2, 0.25) is 0 Å². The number of nitrogens with two attached hydrogens (primary N) is 1. The van der Waals surface area contributed by atoms with Gasteiger partial charge in [0.05, 0.1) is 11.0 Å². The summed E-state index contributed by atoms with van der Waals surface area (Å²) in [4.78, 5) is 22.9. The van der Waals surface area contributed by atoms with E-state index in [-0.39, 0.29) is 5.91 Å². The Labute approximate surface area is 192 Å². The first-order valence-corrected chi connectivity index (χ1v) is 11.0. The van der Waals surface area contributed by atoms with Crippen molar-refractivity contribution in [3.63, 3.8) is 0 Å². The number of hydrogen-bond donors (Lipinski definition) is 2. The van der Waals surface area contributed by atoms with Crippen molar-refractivity contribution in [3.8, 4) is 5.69 Å². The van der Waals surface area contributed by atoms with Crippen molar-refractivity contribution in [3.05, 3.63) is 95.1 Å². The Morgan fingerprint density at radius 1 is 0.909 bits per heavy atom. The van der Waals surface area contributed by atoms with Crippen molar-refractivity contribution in [2.75, 3.05) is 12.3 Å². The van der Waals surface area contributed by atoms with E-state index >= 15 is 0 Å². The molecule has 164 valence electrons. The van der Waals surface area contributed by atoms with Crippen molar-refractivity contribution >= 4 is 33.9 Å². The molecule has 1 amide bonds. The van der Waals surface area contributed by atoms with E-state index in [0.717, 1.165) is 34.3 Å². The third kappa shape index (κ3) is 3.80. The Morgan fingerprint density at radius 3 is 2.33 bits per heavy atom. The maximum Gasteiger partial charge on any atom is 0.257 e. The Balaban J connectivity index is 1.61. The summed E-state index contributed by atoms with van der Waals surface area (Å²) in [5.41, 5.74) is 13.8. The molecule has 6 heteroatoms. The van der Waals surface area contributed by atoms with Crippen LogP contribution in [0.25, 0.3) is 27.9 Å². The highest BCUT2D eigenvalue weighted by molar-refractivity contribution is 6.11. The molecule has 5 rings (SSSR count). The predicted molar refractivity (Wildman–Crippen MR) is 133 cm³/mol. The molecule has 3 aromatic carbocycles. The second kappa shape index (κ2) is 8.39. The molecule has 2 aromatic heterocycles. The van der Waals surface area contributed by atoms with Crippen LogP contribution in [-0.4, -0.2) is 27.0 Å². The molecule has 0 radical (unpaired) electrons. The number of para-hydroxylation sites is 2. The standard InChI is InChI=1S/C27H25N5O/c1-17-12-13-20(16-18(17)2)32-25(28)23(27(33)29-15-14-19-8-4-3-5-9-19)24-26(32)31-22-11-7-6-10-21(22)30-24/h3-13,16H,14-15,28H2,1-2H3,(H,29,33). The molecule has 0 saturated carbocycles. The molecule has 0 saturated heterocycles. The van der Waals surface area contributed by atoms with Crippen LogP contribution in [0.2, 0.25) is 0 Å². The van der Waals surface area contributed by atoms with Crippen LogP contribution < -0.4 is 11.1 Å². The van der Waals surface area contributed by atoms with Gasteiger partial charge in [-0.2, -0.15) is 0 Å². The highest BCUT2D eigenvalue weighted by atomic mass is 16.1. The molecule has 0 atom stereocenters. The van der Waals surface area contributed by atoms with E-state index in [0.29, 0.717) is 29.1 Å². The monoisotopic (exact) mass is 435 g/mol. The molecule has 0 bridgehead atoms. The zero-order valence-corrected chi connectivity index (χ0v) is 18.7. The Hall–Kier alpha value is -4.19. The fourth-order valence-electron chi connectivity index (χ4n) is 4.06. The number of nitrogen functional groups attached to an aromatic ring is 1. The molecule has 0 fully saturated rings. The third-order valence-corrected chi connectivity index (χ3v) is 6.02. The van der Waals surface area contributed by atoms with Crippen LogP contribution in [-0.2, 0) is 6.42 Å². The molecule has 0 aliphatic carbocycles. The zero-order chi connectivity index (χ0) is 22.9. The van der Waals surface area contributed by atoms with Crippen molar-refractivity contribution in [1.29, 1.82) is 0 Å². The molecular weight excluding hydrogens is 410 g/mol. The van der Waals surface area contributed by atoms with Crippen LogP contribution in [0.1, 0.15) is 27.0 Å². The van der Waals surface area contributed by atoms with Crippen molar-refractivity contribution in [2.24, 2.45) is 0 Å². The van der Waals surface area contributed by atoms with E-state index in [4.69, 9.17) is 15.7 Å². The fraction of sp³-hybridized carbons (Fsp3) is 0.148. The average molecular weight is 436 g/mol. The Kier molecular flexibility index (Phi) is 5.26. The van der Waals surface area contributed by atoms with Crippen LogP contribution in [0.5, 0.6) is 0 Å². The van der Waals surface area contributed by atoms with Crippen molar-refractivity contribution < 1.29 is 4.79 Å². The number of aryl methyl sites for hydroxylation is 2. The van der Waals surface area contributed by atoms with E-state index < -0.39 is 0 Å². The minimum atomic E-state index is -0.249. The first-order chi connectivity index (χ1) is 16.0. The quantitative estimate of drug-likeness (QED) is 0.417. The topological polar surface area (TPSA) is 85.8 Å². The lowest BCUT2D eigenvalue weighted by molar-refractivity contribution is 0.0956. The lowest BCUT2D eigenvalue weighted by atomic mass is 10.1. The maximum atomic E-state index is 13.3. The van der Waals surface area contributed by atoms with Gasteiger partial charge in [-0.3, -0.25) is 9.36 Å². The highest BCUT2D eigenvalue weighted by Crippen LogP contribution is 2.31. The summed E-state index contributed by atoms with van der Waals surface area (Å²) in [5, 5.41) is 3.01. The fourth-order valence-corrected chi connectivity index (χ4v) is 4.06. The lowest BCUT2D eigenvalue weighted by Gasteiger charge is -2.10. The smallest absolute Gasteiger partial charge is 0.257 e. The first kappa shape index (κ1) is 20.7. The van der Waals surface area contributed by atoms with E-state index in [1.807, 2.05) is 71.3 Å². The number of nitrogens with one attached hydrogen (secondary N) is 1. The minimum Gasteiger partial charge on any atom is -0.384 e. The Bertz CT molecular complexity index is 1490. The van der Waals surface area contributed by atoms with Crippen LogP contribution in [0.3, 0.4) is 0 Å². The summed E-state index contributed by atoms with van der Waals surface area (Å²) in [6, 6.07) is 23.8. The maximum absolute atomic E-state index is 13.3. The molecule has 0 aliphatic heterocycles. The van der Waals surface area contributed by atoms with Crippen molar-refractivity contribution in [2.45, 2.75) is 20.3 Å².